The quantitative estimate of drug-likeness (QED) is 0.718. The molecule has 17 heavy (non-hydrogen) atoms. The SMILES string of the molecule is C#CC(CC)NC(=O)N1CCC(C(=O)O)C1C. The summed E-state index contributed by atoms with van der Waals surface area (Å²) in [6.07, 6.45) is 6.42. The molecular weight excluding hydrogens is 220 g/mol. The molecule has 0 spiro atoms. The van der Waals surface area contributed by atoms with Crippen molar-refractivity contribution in [1.82, 2.24) is 10.2 Å². The van der Waals surface area contributed by atoms with Crippen molar-refractivity contribution < 1.29 is 14.7 Å². The number of rotatable bonds is 3. The molecule has 0 aromatic rings. The minimum atomic E-state index is -0.850. The van der Waals surface area contributed by atoms with Gasteiger partial charge in [-0.2, -0.15) is 0 Å². The number of terminal acetylenes is 1. The predicted octanol–water partition coefficient (Wildman–Crippen LogP) is 0.903. The van der Waals surface area contributed by atoms with Crippen LogP contribution in [0.2, 0.25) is 0 Å². The summed E-state index contributed by atoms with van der Waals surface area (Å²) >= 11 is 0. The number of aliphatic carboxylic acids is 1. The number of likely N-dealkylation sites (tertiary alicyclic amines) is 1. The van der Waals surface area contributed by atoms with Crippen molar-refractivity contribution in [3.8, 4) is 12.3 Å². The number of nitrogens with one attached hydrogen (secondary N) is 1. The average Bonchev–Trinajstić information content (AvgIpc) is 2.67. The Bertz CT molecular complexity index is 348. The van der Waals surface area contributed by atoms with E-state index in [1.807, 2.05) is 6.92 Å². The van der Waals surface area contributed by atoms with Crippen molar-refractivity contribution in [2.75, 3.05) is 6.54 Å². The molecule has 94 valence electrons. The number of amides is 2. The maximum atomic E-state index is 11.9. The molecule has 3 unspecified atom stereocenters. The van der Waals surface area contributed by atoms with Crippen molar-refractivity contribution in [3.63, 3.8) is 0 Å². The predicted molar refractivity (Wildman–Crippen MR) is 63.4 cm³/mol. The van der Waals surface area contributed by atoms with E-state index in [0.29, 0.717) is 19.4 Å². The minimum Gasteiger partial charge on any atom is -0.481 e. The molecular formula is C12H18N2O3. The molecule has 0 saturated carbocycles. The Kier molecular flexibility index (Phi) is 4.38. The number of hydrogen-bond donors (Lipinski definition) is 2. The van der Waals surface area contributed by atoms with Crippen LogP contribution in [-0.2, 0) is 4.79 Å². The van der Waals surface area contributed by atoms with Gasteiger partial charge in [-0.15, -0.1) is 6.42 Å². The van der Waals surface area contributed by atoms with Crippen LogP contribution in [0, 0.1) is 18.3 Å². The van der Waals surface area contributed by atoms with Gasteiger partial charge in [0.15, 0.2) is 0 Å². The summed E-state index contributed by atoms with van der Waals surface area (Å²) in [5, 5.41) is 11.7. The third-order valence-electron chi connectivity index (χ3n) is 3.24. The van der Waals surface area contributed by atoms with Crippen molar-refractivity contribution in [3.05, 3.63) is 0 Å². The van der Waals surface area contributed by atoms with Gasteiger partial charge in [0.25, 0.3) is 0 Å². The third-order valence-corrected chi connectivity index (χ3v) is 3.24. The van der Waals surface area contributed by atoms with Gasteiger partial charge in [-0.3, -0.25) is 4.79 Å². The molecule has 1 rings (SSSR count). The second kappa shape index (κ2) is 5.58. The number of carbonyl (C=O) groups excluding carboxylic acids is 1. The van der Waals surface area contributed by atoms with Crippen LogP contribution in [0.5, 0.6) is 0 Å². The zero-order valence-electron chi connectivity index (χ0n) is 10.1. The highest BCUT2D eigenvalue weighted by Crippen LogP contribution is 2.24. The number of carboxylic acids is 1. The highest BCUT2D eigenvalue weighted by atomic mass is 16.4. The molecule has 1 aliphatic rings. The number of urea groups is 1. The zero-order chi connectivity index (χ0) is 13.0. The molecule has 2 N–H and O–H groups in total. The fraction of sp³-hybridized carbons (Fsp3) is 0.667. The molecule has 0 aromatic carbocycles. The number of nitrogens with zero attached hydrogens (tertiary/aromatic N) is 1. The van der Waals surface area contributed by atoms with E-state index in [-0.39, 0.29) is 18.1 Å². The largest absolute Gasteiger partial charge is 0.481 e. The second-order valence-electron chi connectivity index (χ2n) is 4.24. The maximum absolute atomic E-state index is 11.9. The lowest BCUT2D eigenvalue weighted by Crippen LogP contribution is -2.47. The summed E-state index contributed by atoms with van der Waals surface area (Å²) in [5.41, 5.74) is 0. The van der Waals surface area contributed by atoms with Crippen LogP contribution in [0.1, 0.15) is 26.7 Å². The summed E-state index contributed by atoms with van der Waals surface area (Å²) in [5.74, 6) is 1.15. The summed E-state index contributed by atoms with van der Waals surface area (Å²) in [6.45, 7) is 4.10. The van der Waals surface area contributed by atoms with E-state index in [9.17, 15) is 9.59 Å². The van der Waals surface area contributed by atoms with Crippen molar-refractivity contribution in [1.29, 1.82) is 0 Å². The fourth-order valence-corrected chi connectivity index (χ4v) is 2.05. The Morgan fingerprint density at radius 1 is 1.65 bits per heavy atom. The van der Waals surface area contributed by atoms with Crippen LogP contribution in [0.25, 0.3) is 0 Å². The molecule has 2 amide bonds. The zero-order valence-corrected chi connectivity index (χ0v) is 10.1. The van der Waals surface area contributed by atoms with Crippen LogP contribution < -0.4 is 5.32 Å². The van der Waals surface area contributed by atoms with Gasteiger partial charge in [-0.1, -0.05) is 12.8 Å². The molecule has 1 saturated heterocycles. The summed E-state index contributed by atoms with van der Waals surface area (Å²) in [4.78, 5) is 24.3. The normalized spacial score (nSPS) is 25.1. The Morgan fingerprint density at radius 2 is 2.29 bits per heavy atom. The minimum absolute atomic E-state index is 0.272. The van der Waals surface area contributed by atoms with Crippen LogP contribution in [-0.4, -0.2) is 40.6 Å². The van der Waals surface area contributed by atoms with Gasteiger partial charge in [-0.05, 0) is 19.8 Å². The Balaban J connectivity index is 2.61. The first kappa shape index (κ1) is 13.4. The summed E-state index contributed by atoms with van der Waals surface area (Å²) in [7, 11) is 0. The van der Waals surface area contributed by atoms with Gasteiger partial charge in [0.1, 0.15) is 0 Å². The average molecular weight is 238 g/mol. The second-order valence-corrected chi connectivity index (χ2v) is 4.24. The van der Waals surface area contributed by atoms with Gasteiger partial charge in [-0.25, -0.2) is 4.79 Å². The molecule has 1 aliphatic heterocycles. The lowest BCUT2D eigenvalue weighted by Gasteiger charge is -2.25. The monoisotopic (exact) mass is 238 g/mol. The molecule has 0 aliphatic carbocycles. The fourth-order valence-electron chi connectivity index (χ4n) is 2.05. The van der Waals surface area contributed by atoms with Crippen LogP contribution in [0.15, 0.2) is 0 Å². The first-order chi connectivity index (χ1) is 8.01. The molecule has 1 heterocycles. The Morgan fingerprint density at radius 3 is 2.71 bits per heavy atom. The Hall–Kier alpha value is -1.70. The molecule has 1 fully saturated rings. The van der Waals surface area contributed by atoms with Crippen LogP contribution >= 0.6 is 0 Å². The maximum Gasteiger partial charge on any atom is 0.318 e. The van der Waals surface area contributed by atoms with Gasteiger partial charge < -0.3 is 15.3 Å². The highest BCUT2D eigenvalue weighted by molar-refractivity contribution is 5.78. The van der Waals surface area contributed by atoms with Crippen molar-refractivity contribution in [2.24, 2.45) is 5.92 Å². The summed E-state index contributed by atoms with van der Waals surface area (Å²) < 4.78 is 0. The van der Waals surface area contributed by atoms with Gasteiger partial charge in [0, 0.05) is 12.6 Å². The van der Waals surface area contributed by atoms with Gasteiger partial charge >= 0.3 is 12.0 Å². The Labute approximate surface area is 101 Å². The van der Waals surface area contributed by atoms with Crippen molar-refractivity contribution >= 4 is 12.0 Å². The topological polar surface area (TPSA) is 69.6 Å². The van der Waals surface area contributed by atoms with E-state index in [0.717, 1.165) is 0 Å². The van der Waals surface area contributed by atoms with Gasteiger partial charge in [0.05, 0.1) is 12.0 Å². The van der Waals surface area contributed by atoms with Crippen LogP contribution in [0.4, 0.5) is 4.79 Å². The number of hydrogen-bond acceptors (Lipinski definition) is 2. The lowest BCUT2D eigenvalue weighted by atomic mass is 10.0. The smallest absolute Gasteiger partial charge is 0.318 e. The molecule has 5 heteroatoms. The van der Waals surface area contributed by atoms with Crippen LogP contribution in [0.3, 0.4) is 0 Å². The first-order valence-electron chi connectivity index (χ1n) is 5.77. The number of carboxylic acid groups (broad SMARTS) is 1. The number of carbonyl (C=O) groups is 2. The molecule has 0 aromatic heterocycles. The lowest BCUT2D eigenvalue weighted by molar-refractivity contribution is -0.142. The standard InChI is InChI=1S/C12H18N2O3/c1-4-9(5-2)13-12(17)14-7-6-10(8(14)3)11(15)16/h1,8-10H,5-7H2,2-3H3,(H,13,17)(H,15,16). The van der Waals surface area contributed by atoms with E-state index in [4.69, 9.17) is 11.5 Å². The first-order valence-corrected chi connectivity index (χ1v) is 5.77. The molecule has 0 radical (unpaired) electrons. The van der Waals surface area contributed by atoms with E-state index >= 15 is 0 Å². The molecule has 0 bridgehead atoms. The molecule has 5 nitrogen and oxygen atoms in total. The molecule has 3 atom stereocenters. The van der Waals surface area contributed by atoms with Gasteiger partial charge in [0.2, 0.25) is 0 Å². The summed E-state index contributed by atoms with van der Waals surface area (Å²) in [6, 6.07) is -0.854. The van der Waals surface area contributed by atoms with E-state index < -0.39 is 11.9 Å². The van der Waals surface area contributed by atoms with E-state index in [1.54, 1.807) is 11.8 Å². The van der Waals surface area contributed by atoms with Crippen molar-refractivity contribution in [2.45, 2.75) is 38.8 Å². The highest BCUT2D eigenvalue weighted by Gasteiger charge is 2.38. The van der Waals surface area contributed by atoms with E-state index in [2.05, 4.69) is 11.2 Å². The van der Waals surface area contributed by atoms with E-state index in [1.165, 1.54) is 0 Å². The third kappa shape index (κ3) is 2.90.